The Kier molecular flexibility index (Phi) is 17.1. The van der Waals surface area contributed by atoms with Gasteiger partial charge in [-0.05, 0) is 95.9 Å². The number of non-ortho nitro benzene ring substituents is 1. The van der Waals surface area contributed by atoms with Crippen molar-refractivity contribution in [1.29, 1.82) is 0 Å². The van der Waals surface area contributed by atoms with E-state index in [1.165, 1.54) is 19.1 Å². The summed E-state index contributed by atoms with van der Waals surface area (Å²) in [4.78, 5) is 52.0. The van der Waals surface area contributed by atoms with Crippen LogP contribution in [0, 0.1) is 39.7 Å². The fourth-order valence-electron chi connectivity index (χ4n) is 9.47. The molecule has 1 aromatic heterocycles. The number of hydrogen-bond donors (Lipinski definition) is 3. The number of aliphatic hydroxyl groups is 3. The summed E-state index contributed by atoms with van der Waals surface area (Å²) in [5.41, 5.74) is -0.550. The van der Waals surface area contributed by atoms with Crippen LogP contribution in [0.2, 0.25) is 0 Å². The van der Waals surface area contributed by atoms with Gasteiger partial charge in [-0.15, -0.1) is 0 Å². The number of aromatic nitrogens is 1. The average Bonchev–Trinajstić information content (AvgIpc) is 3.26. The largest absolute Gasteiger partial charge is 0.391 e. The molecule has 2 aliphatic rings. The Morgan fingerprint density at radius 3 is 2.38 bits per heavy atom. The van der Waals surface area contributed by atoms with Crippen molar-refractivity contribution in [3.63, 3.8) is 0 Å². The summed E-state index contributed by atoms with van der Waals surface area (Å²) >= 11 is 0. The normalized spacial score (nSPS) is 34.3. The number of nitro groups is 1. The van der Waals surface area contributed by atoms with Crippen LogP contribution in [0.5, 0.6) is 0 Å². The van der Waals surface area contributed by atoms with Gasteiger partial charge in [-0.1, -0.05) is 69.6 Å². The number of Topliss-reactive ketones (excluding diaryl/α,β-unsaturated/α-hetero) is 2. The van der Waals surface area contributed by atoms with Crippen LogP contribution >= 0.6 is 0 Å². The number of rotatable bonds is 12. The topological polar surface area (TPSA) is 203 Å². The number of carbonyl (C=O) groups is 2. The Balaban J connectivity index is 1.61. The van der Waals surface area contributed by atoms with Crippen molar-refractivity contribution >= 4 is 39.9 Å². The van der Waals surface area contributed by atoms with Gasteiger partial charge in [0.15, 0.2) is 6.29 Å². The Bertz CT molecular complexity index is 2130. The molecule has 0 radical (unpaired) electrons. The molecule has 0 amide bonds. The maximum absolute atomic E-state index is 14.7. The monoisotopic (exact) mass is 888 g/mol. The Labute approximate surface area is 377 Å². The summed E-state index contributed by atoms with van der Waals surface area (Å²) in [5, 5.41) is 52.8. The third kappa shape index (κ3) is 11.9. The highest BCUT2D eigenvalue weighted by Crippen LogP contribution is 2.40. The molecule has 2 aromatic carbocycles. The molecule has 3 N–H and O–H groups in total. The fourth-order valence-corrected chi connectivity index (χ4v) is 9.47. The fraction of sp³-hybridized carbons (Fsp3) is 0.592. The maximum Gasteiger partial charge on any atom is 0.269 e. The number of aliphatic hydroxyl groups excluding tert-OH is 2. The molecule has 15 heteroatoms. The number of nitrogens with zero attached hydrogens (tertiary/aromatic N) is 4. The predicted octanol–water partition coefficient (Wildman–Crippen LogP) is 6.93. The first-order valence-electron chi connectivity index (χ1n) is 22.4. The van der Waals surface area contributed by atoms with Crippen LogP contribution in [0.15, 0.2) is 72.0 Å². The summed E-state index contributed by atoms with van der Waals surface area (Å²) in [5.74, 6) is -4.99. The van der Waals surface area contributed by atoms with Crippen LogP contribution in [0.25, 0.3) is 17.0 Å². The van der Waals surface area contributed by atoms with E-state index in [1.807, 2.05) is 89.2 Å². The minimum Gasteiger partial charge on any atom is -0.391 e. The van der Waals surface area contributed by atoms with E-state index in [0.29, 0.717) is 24.1 Å². The lowest BCUT2D eigenvalue weighted by Crippen LogP contribution is -2.59. The number of likely N-dealkylation sites (N-methyl/N-ethyl adjacent to an activating group) is 1. The van der Waals surface area contributed by atoms with E-state index in [2.05, 4.69) is 10.1 Å². The molecular formula is C49H68N4O11. The first-order chi connectivity index (χ1) is 30.2. The first-order valence-corrected chi connectivity index (χ1v) is 22.4. The van der Waals surface area contributed by atoms with Crippen molar-refractivity contribution in [3.8, 4) is 0 Å². The number of nitro benzene ring substituents is 1. The summed E-state index contributed by atoms with van der Waals surface area (Å²) in [7, 11) is 3.74. The summed E-state index contributed by atoms with van der Waals surface area (Å²) < 4.78 is 20.1. The number of ether oxygens (including phenoxy) is 3. The number of oxime groups is 1. The number of carbonyl (C=O) groups excluding carboxylic acids is 2. The lowest BCUT2D eigenvalue weighted by Gasteiger charge is -2.47. The van der Waals surface area contributed by atoms with Gasteiger partial charge in [0.05, 0.1) is 58.2 Å². The standard InChI is InChI=1S/C49H68N4O11/c1-11-37-25-41(54)31(4)43(55)33(6)46(64-47-44(56)40(52(9)10)23-30(3)63-47)48(7,61-22-14-15-35-24-36-16-12-13-17-39(36)50-27-35)26-29(2)42(32(5)45(57)49(37,8)58)51-62-28-34-18-20-38(21-19-34)53(59)60/h12-21,24,27,29-33,37,40,44-47,56-58H,11,22-23,25-26,28H2,1-10H3/b15-14+,51-42+/t29-,30-,31+,32+,33+,37+,40+,44-,45-,46-,47+,48+,49-/m1/s1. The zero-order valence-electron chi connectivity index (χ0n) is 38.9. The smallest absolute Gasteiger partial charge is 0.269 e. The predicted molar refractivity (Wildman–Crippen MR) is 244 cm³/mol. The second kappa shape index (κ2) is 21.7. The van der Waals surface area contributed by atoms with Gasteiger partial charge in [-0.25, -0.2) is 0 Å². The van der Waals surface area contributed by atoms with E-state index in [4.69, 9.17) is 19.0 Å². The molecule has 1 saturated heterocycles. The number of ketones is 2. The maximum atomic E-state index is 14.7. The highest BCUT2D eigenvalue weighted by atomic mass is 16.7. The van der Waals surface area contributed by atoms with E-state index in [1.54, 1.807) is 39.1 Å². The molecule has 2 fully saturated rings. The zero-order valence-corrected chi connectivity index (χ0v) is 38.9. The van der Waals surface area contributed by atoms with Crippen LogP contribution in [0.4, 0.5) is 5.69 Å². The first kappa shape index (κ1) is 50.5. The van der Waals surface area contributed by atoms with Crippen LogP contribution < -0.4 is 0 Å². The van der Waals surface area contributed by atoms with Gasteiger partial charge < -0.3 is 39.3 Å². The SMILES string of the molecule is CC[C@H]1CC(=O)[C@H](C)C(=O)[C@H](C)[C@@H](O[C@@H]2O[C@H](C)C[C@H](N(C)C)[C@H]2O)[C@@](C)(OC/C=C/c2cnc3ccccc3c2)C[C@@H](C)/C(=N\OCc2ccc([N+](=O)[O-])cc2)[C@H](C)[C@@H](O)[C@]1(C)O. The Morgan fingerprint density at radius 1 is 1.03 bits per heavy atom. The third-order valence-electron chi connectivity index (χ3n) is 13.5. The number of benzene rings is 2. The lowest BCUT2D eigenvalue weighted by atomic mass is 9.70. The Hall–Kier alpha value is -4.48. The lowest BCUT2D eigenvalue weighted by molar-refractivity contribution is -0.384. The number of fused-ring (bicyclic) bond motifs is 1. The van der Waals surface area contributed by atoms with Crippen molar-refractivity contribution in [3.05, 3.63) is 88.1 Å². The van der Waals surface area contributed by atoms with Crippen molar-refractivity contribution < 1.29 is 48.9 Å². The number of para-hydroxylation sites is 1. The highest BCUT2D eigenvalue weighted by Gasteiger charge is 2.51. The van der Waals surface area contributed by atoms with Gasteiger partial charge in [0.2, 0.25) is 0 Å². The molecular weight excluding hydrogens is 821 g/mol. The van der Waals surface area contributed by atoms with Gasteiger partial charge in [0.25, 0.3) is 5.69 Å². The molecule has 5 rings (SSSR count). The van der Waals surface area contributed by atoms with Crippen LogP contribution in [-0.2, 0) is 35.2 Å². The molecule has 0 bridgehead atoms. The summed E-state index contributed by atoms with van der Waals surface area (Å²) in [6.45, 7) is 13.9. The third-order valence-corrected chi connectivity index (χ3v) is 13.5. The van der Waals surface area contributed by atoms with Crippen LogP contribution in [0.3, 0.4) is 0 Å². The van der Waals surface area contributed by atoms with E-state index < -0.39 is 81.9 Å². The molecule has 2 heterocycles. The van der Waals surface area contributed by atoms with Gasteiger partial charge in [-0.3, -0.25) is 24.7 Å². The van der Waals surface area contributed by atoms with E-state index in [0.717, 1.165) is 16.5 Å². The highest BCUT2D eigenvalue weighted by molar-refractivity contribution is 6.03. The summed E-state index contributed by atoms with van der Waals surface area (Å²) in [6, 6.07) is 15.4. The van der Waals surface area contributed by atoms with Gasteiger partial charge >= 0.3 is 0 Å². The van der Waals surface area contributed by atoms with Crippen LogP contribution in [0.1, 0.15) is 92.2 Å². The minimum atomic E-state index is -1.79. The second-order valence-corrected chi connectivity index (χ2v) is 18.6. The molecule has 0 unspecified atom stereocenters. The van der Waals surface area contributed by atoms with Crippen molar-refractivity contribution in [2.75, 3.05) is 20.7 Å². The summed E-state index contributed by atoms with van der Waals surface area (Å²) in [6.07, 6.45) is 1.21. The van der Waals surface area contributed by atoms with Gasteiger partial charge in [0.1, 0.15) is 24.3 Å². The van der Waals surface area contributed by atoms with E-state index in [9.17, 15) is 35.0 Å². The molecule has 15 nitrogen and oxygen atoms in total. The molecule has 1 aliphatic carbocycles. The van der Waals surface area contributed by atoms with Gasteiger partial charge in [0, 0.05) is 53.9 Å². The van der Waals surface area contributed by atoms with Gasteiger partial charge in [-0.2, -0.15) is 0 Å². The Morgan fingerprint density at radius 2 is 1.72 bits per heavy atom. The molecule has 1 saturated carbocycles. The van der Waals surface area contributed by atoms with Crippen molar-refractivity contribution in [1.82, 2.24) is 9.88 Å². The second-order valence-electron chi connectivity index (χ2n) is 18.6. The quantitative estimate of drug-likeness (QED) is 0.0961. The molecule has 1 aliphatic heterocycles. The molecule has 13 atom stereocenters. The molecule has 350 valence electrons. The van der Waals surface area contributed by atoms with E-state index >= 15 is 0 Å². The zero-order chi connectivity index (χ0) is 47.1. The molecule has 0 spiro atoms. The van der Waals surface area contributed by atoms with Crippen LogP contribution in [-0.4, -0.2) is 116 Å². The number of hydrogen-bond acceptors (Lipinski definition) is 14. The van der Waals surface area contributed by atoms with Crippen molar-refractivity contribution in [2.45, 2.75) is 136 Å². The molecule has 64 heavy (non-hydrogen) atoms. The molecule has 3 aromatic rings. The minimum absolute atomic E-state index is 0.0459. The van der Waals surface area contributed by atoms with E-state index in [-0.39, 0.29) is 43.9 Å². The average molecular weight is 889 g/mol. The number of pyridine rings is 1. The van der Waals surface area contributed by atoms with Crippen molar-refractivity contribution in [2.24, 2.45) is 34.7 Å².